The van der Waals surface area contributed by atoms with Gasteiger partial charge in [0.1, 0.15) is 0 Å². The molecule has 2 amide bonds. The molecule has 2 aliphatic heterocycles. The maximum absolute atomic E-state index is 12.2. The number of hydrogen-bond donors (Lipinski definition) is 2. The number of nitrogens with zero attached hydrogens (tertiary/aromatic N) is 2. The lowest BCUT2D eigenvalue weighted by Crippen LogP contribution is -2.54. The Morgan fingerprint density at radius 3 is 2.60 bits per heavy atom. The van der Waals surface area contributed by atoms with Gasteiger partial charge >= 0.3 is 0 Å². The van der Waals surface area contributed by atoms with Gasteiger partial charge in [-0.3, -0.25) is 14.5 Å². The van der Waals surface area contributed by atoms with E-state index in [-0.39, 0.29) is 17.9 Å². The third-order valence-electron chi connectivity index (χ3n) is 3.98. The maximum Gasteiger partial charge on any atom is 0.239 e. The fraction of sp³-hybridized carbons (Fsp3) is 0.857. The smallest absolute Gasteiger partial charge is 0.239 e. The van der Waals surface area contributed by atoms with Crippen LogP contribution in [-0.2, 0) is 9.59 Å². The Kier molecular flexibility index (Phi) is 5.79. The molecule has 20 heavy (non-hydrogen) atoms. The van der Waals surface area contributed by atoms with Crippen molar-refractivity contribution < 1.29 is 9.59 Å². The van der Waals surface area contributed by atoms with Crippen LogP contribution in [-0.4, -0.2) is 73.5 Å². The molecule has 0 spiro atoms. The number of carbonyl (C=O) groups is 2. The van der Waals surface area contributed by atoms with Crippen molar-refractivity contribution >= 4 is 11.8 Å². The van der Waals surface area contributed by atoms with Crippen LogP contribution in [0.3, 0.4) is 0 Å². The average molecular weight is 282 g/mol. The van der Waals surface area contributed by atoms with E-state index in [0.29, 0.717) is 6.54 Å². The zero-order valence-electron chi connectivity index (χ0n) is 12.4. The topological polar surface area (TPSA) is 64.7 Å². The molecule has 6 heteroatoms. The molecule has 0 bridgehead atoms. The first kappa shape index (κ1) is 15.3. The molecule has 2 aliphatic rings. The van der Waals surface area contributed by atoms with E-state index in [1.807, 2.05) is 11.8 Å². The van der Waals surface area contributed by atoms with Crippen molar-refractivity contribution in [1.82, 2.24) is 20.4 Å². The van der Waals surface area contributed by atoms with Gasteiger partial charge in [0, 0.05) is 32.7 Å². The molecule has 0 unspecified atom stereocenters. The molecule has 114 valence electrons. The molecule has 2 N–H and O–H groups in total. The highest BCUT2D eigenvalue weighted by atomic mass is 16.2. The van der Waals surface area contributed by atoms with Crippen molar-refractivity contribution in [3.05, 3.63) is 0 Å². The summed E-state index contributed by atoms with van der Waals surface area (Å²) < 4.78 is 0. The molecule has 1 atom stereocenters. The van der Waals surface area contributed by atoms with Crippen molar-refractivity contribution in [1.29, 1.82) is 0 Å². The van der Waals surface area contributed by atoms with Crippen molar-refractivity contribution in [2.45, 2.75) is 32.2 Å². The van der Waals surface area contributed by atoms with E-state index in [9.17, 15) is 9.59 Å². The van der Waals surface area contributed by atoms with E-state index < -0.39 is 0 Å². The van der Waals surface area contributed by atoms with Gasteiger partial charge in [-0.2, -0.15) is 0 Å². The molecule has 0 saturated carbocycles. The second kappa shape index (κ2) is 7.59. The van der Waals surface area contributed by atoms with Gasteiger partial charge < -0.3 is 15.5 Å². The van der Waals surface area contributed by atoms with Gasteiger partial charge in [-0.05, 0) is 25.8 Å². The number of hydrogen-bond acceptors (Lipinski definition) is 4. The molecule has 2 rings (SSSR count). The molecular weight excluding hydrogens is 256 g/mol. The summed E-state index contributed by atoms with van der Waals surface area (Å²) in [5, 5.41) is 6.14. The molecule has 6 nitrogen and oxygen atoms in total. The first-order valence-electron chi connectivity index (χ1n) is 7.72. The zero-order chi connectivity index (χ0) is 14.4. The van der Waals surface area contributed by atoms with E-state index in [0.717, 1.165) is 58.5 Å². The van der Waals surface area contributed by atoms with E-state index >= 15 is 0 Å². The van der Waals surface area contributed by atoms with Crippen LogP contribution >= 0.6 is 0 Å². The molecule has 0 radical (unpaired) electrons. The summed E-state index contributed by atoms with van der Waals surface area (Å²) in [6.07, 6.45) is 3.01. The number of carbonyl (C=O) groups excluding carboxylic acids is 2. The van der Waals surface area contributed by atoms with Crippen LogP contribution in [0.15, 0.2) is 0 Å². The minimum Gasteiger partial charge on any atom is -0.355 e. The molecule has 0 aromatic heterocycles. The Balaban J connectivity index is 1.69. The highest BCUT2D eigenvalue weighted by Gasteiger charge is 2.29. The SMILES string of the molecule is CCCNC(=O)CN1CCN(C(=O)[C@H]2CCCN2)CC1. The van der Waals surface area contributed by atoms with E-state index in [4.69, 9.17) is 0 Å². The van der Waals surface area contributed by atoms with Crippen molar-refractivity contribution in [3.63, 3.8) is 0 Å². The van der Waals surface area contributed by atoms with Crippen LogP contribution in [0.2, 0.25) is 0 Å². The molecule has 2 fully saturated rings. The summed E-state index contributed by atoms with van der Waals surface area (Å²) >= 11 is 0. The Morgan fingerprint density at radius 1 is 1.25 bits per heavy atom. The van der Waals surface area contributed by atoms with Crippen molar-refractivity contribution in [2.75, 3.05) is 45.8 Å². The molecule has 0 aliphatic carbocycles. The van der Waals surface area contributed by atoms with Gasteiger partial charge in [-0.15, -0.1) is 0 Å². The molecule has 0 aromatic rings. The average Bonchev–Trinajstić information content (AvgIpc) is 2.99. The molecule has 2 heterocycles. The molecule has 0 aromatic carbocycles. The van der Waals surface area contributed by atoms with Gasteiger partial charge in [0.15, 0.2) is 0 Å². The van der Waals surface area contributed by atoms with E-state index in [1.54, 1.807) is 0 Å². The van der Waals surface area contributed by atoms with E-state index in [1.165, 1.54) is 0 Å². The first-order valence-corrected chi connectivity index (χ1v) is 7.72. The van der Waals surface area contributed by atoms with Gasteiger partial charge in [0.25, 0.3) is 0 Å². The summed E-state index contributed by atoms with van der Waals surface area (Å²) in [5.41, 5.74) is 0. The molecule has 2 saturated heterocycles. The quantitative estimate of drug-likeness (QED) is 0.707. The minimum atomic E-state index is 0.0226. The summed E-state index contributed by atoms with van der Waals surface area (Å²) in [5.74, 6) is 0.321. The Labute approximate surface area is 120 Å². The third-order valence-corrected chi connectivity index (χ3v) is 3.98. The number of rotatable bonds is 5. The van der Waals surface area contributed by atoms with Gasteiger partial charge in [-0.25, -0.2) is 0 Å². The number of nitrogens with one attached hydrogen (secondary N) is 2. The second-order valence-corrected chi connectivity index (χ2v) is 5.60. The third kappa shape index (κ3) is 4.18. The predicted octanol–water partition coefficient (Wildman–Crippen LogP) is -0.591. The van der Waals surface area contributed by atoms with Crippen molar-refractivity contribution in [2.24, 2.45) is 0 Å². The normalized spacial score (nSPS) is 23.9. The highest BCUT2D eigenvalue weighted by Crippen LogP contribution is 2.10. The summed E-state index contributed by atoms with van der Waals surface area (Å²) in [6, 6.07) is 0.0226. The van der Waals surface area contributed by atoms with Crippen LogP contribution in [0.1, 0.15) is 26.2 Å². The molecular formula is C14H26N4O2. The lowest BCUT2D eigenvalue weighted by atomic mass is 10.2. The standard InChI is InChI=1S/C14H26N4O2/c1-2-5-16-13(19)11-17-7-9-18(10-8-17)14(20)12-4-3-6-15-12/h12,15H,2-11H2,1H3,(H,16,19)/t12-/m1/s1. The lowest BCUT2D eigenvalue weighted by Gasteiger charge is -2.35. The van der Waals surface area contributed by atoms with Crippen molar-refractivity contribution in [3.8, 4) is 0 Å². The number of amides is 2. The summed E-state index contributed by atoms with van der Waals surface area (Å²) in [6.45, 7) is 7.23. The lowest BCUT2D eigenvalue weighted by molar-refractivity contribution is -0.135. The van der Waals surface area contributed by atoms with Crippen LogP contribution in [0.5, 0.6) is 0 Å². The Morgan fingerprint density at radius 2 is 2.00 bits per heavy atom. The highest BCUT2D eigenvalue weighted by molar-refractivity contribution is 5.82. The minimum absolute atomic E-state index is 0.0226. The zero-order valence-corrected chi connectivity index (χ0v) is 12.4. The van der Waals surface area contributed by atoms with E-state index in [2.05, 4.69) is 15.5 Å². The first-order chi connectivity index (χ1) is 9.70. The fourth-order valence-electron chi connectivity index (χ4n) is 2.77. The van der Waals surface area contributed by atoms with Crippen LogP contribution in [0.4, 0.5) is 0 Å². The summed E-state index contributed by atoms with van der Waals surface area (Å²) in [7, 11) is 0. The largest absolute Gasteiger partial charge is 0.355 e. The fourth-order valence-corrected chi connectivity index (χ4v) is 2.77. The van der Waals surface area contributed by atoms with Gasteiger partial charge in [0.05, 0.1) is 12.6 Å². The van der Waals surface area contributed by atoms with Crippen LogP contribution in [0, 0.1) is 0 Å². The predicted molar refractivity (Wildman–Crippen MR) is 77.3 cm³/mol. The van der Waals surface area contributed by atoms with Gasteiger partial charge in [-0.1, -0.05) is 6.92 Å². The van der Waals surface area contributed by atoms with Crippen LogP contribution < -0.4 is 10.6 Å². The Bertz CT molecular complexity index is 334. The second-order valence-electron chi connectivity index (χ2n) is 5.60. The van der Waals surface area contributed by atoms with Gasteiger partial charge in [0.2, 0.25) is 11.8 Å². The summed E-state index contributed by atoms with van der Waals surface area (Å²) in [4.78, 5) is 27.9. The van der Waals surface area contributed by atoms with Crippen LogP contribution in [0.25, 0.3) is 0 Å². The number of piperazine rings is 1. The Hall–Kier alpha value is -1.14. The monoisotopic (exact) mass is 282 g/mol. The maximum atomic E-state index is 12.2.